The zero-order valence-corrected chi connectivity index (χ0v) is 19.8. The molecule has 0 atom stereocenters. The highest BCUT2D eigenvalue weighted by Gasteiger charge is 2.30. The summed E-state index contributed by atoms with van der Waals surface area (Å²) in [5, 5.41) is 0. The Kier molecular flexibility index (Phi) is 7.36. The monoisotopic (exact) mass is 451 g/mol. The minimum atomic E-state index is -4.04. The molecule has 3 aromatic carbocycles. The van der Waals surface area contributed by atoms with Crippen LogP contribution in [0.4, 0.5) is 5.69 Å². The highest BCUT2D eigenvalue weighted by molar-refractivity contribution is 7.93. The average Bonchev–Trinajstić information content (AvgIpc) is 2.75. The van der Waals surface area contributed by atoms with E-state index in [9.17, 15) is 13.2 Å². The summed E-state index contributed by atoms with van der Waals surface area (Å²) in [5.41, 5.74) is 4.37. The lowest BCUT2D eigenvalue weighted by atomic mass is 10.1. The third kappa shape index (κ3) is 5.56. The highest BCUT2D eigenvalue weighted by atomic mass is 32.2. The van der Waals surface area contributed by atoms with E-state index in [0.29, 0.717) is 18.7 Å². The second kappa shape index (κ2) is 10.0. The number of rotatable bonds is 8. The van der Waals surface area contributed by atoms with E-state index in [1.54, 1.807) is 36.4 Å². The second-order valence-corrected chi connectivity index (χ2v) is 9.82. The van der Waals surface area contributed by atoms with Crippen LogP contribution in [0.1, 0.15) is 35.1 Å². The molecule has 5 nitrogen and oxygen atoms in total. The molecule has 32 heavy (non-hydrogen) atoms. The van der Waals surface area contributed by atoms with Gasteiger partial charge in [0.25, 0.3) is 10.0 Å². The van der Waals surface area contributed by atoms with Gasteiger partial charge < -0.3 is 4.74 Å². The first kappa shape index (κ1) is 23.5. The molecule has 0 aliphatic heterocycles. The van der Waals surface area contributed by atoms with Gasteiger partial charge in [0.05, 0.1) is 17.2 Å². The number of ether oxygens (including phenoxy) is 1. The van der Waals surface area contributed by atoms with Crippen LogP contribution in [0.2, 0.25) is 0 Å². The molecule has 0 aliphatic carbocycles. The van der Waals surface area contributed by atoms with E-state index in [1.165, 1.54) is 12.1 Å². The van der Waals surface area contributed by atoms with Gasteiger partial charge in [-0.3, -0.25) is 4.79 Å². The normalized spacial score (nSPS) is 11.2. The first-order valence-corrected chi connectivity index (χ1v) is 12.0. The minimum Gasteiger partial charge on any atom is -0.493 e. The largest absolute Gasteiger partial charge is 0.493 e. The molecule has 0 aliphatic rings. The summed E-state index contributed by atoms with van der Waals surface area (Å²) >= 11 is 0. The average molecular weight is 452 g/mol. The Labute approximate surface area is 190 Å². The van der Waals surface area contributed by atoms with Gasteiger partial charge in [-0.15, -0.1) is 0 Å². The molecule has 0 fully saturated rings. The maximum Gasteiger partial charge on any atom is 0.270 e. The van der Waals surface area contributed by atoms with E-state index in [4.69, 9.17) is 4.74 Å². The van der Waals surface area contributed by atoms with E-state index < -0.39 is 15.9 Å². The fourth-order valence-corrected chi connectivity index (χ4v) is 4.73. The topological polar surface area (TPSA) is 63.7 Å². The van der Waals surface area contributed by atoms with Crippen molar-refractivity contribution in [3.05, 3.63) is 89.0 Å². The number of carbonyl (C=O) groups is 1. The van der Waals surface area contributed by atoms with E-state index in [-0.39, 0.29) is 11.3 Å². The van der Waals surface area contributed by atoms with Gasteiger partial charge in [-0.05, 0) is 75.6 Å². The Morgan fingerprint density at radius 1 is 0.812 bits per heavy atom. The number of carbonyl (C=O) groups excluding carboxylic acids is 1. The van der Waals surface area contributed by atoms with E-state index in [0.717, 1.165) is 32.3 Å². The van der Waals surface area contributed by atoms with Gasteiger partial charge in [-0.2, -0.15) is 0 Å². The second-order valence-electron chi connectivity index (χ2n) is 8.03. The van der Waals surface area contributed by atoms with Crippen molar-refractivity contribution in [3.8, 4) is 5.75 Å². The van der Waals surface area contributed by atoms with Crippen molar-refractivity contribution in [2.75, 3.05) is 10.9 Å². The van der Waals surface area contributed by atoms with Crippen LogP contribution in [0.15, 0.2) is 71.6 Å². The van der Waals surface area contributed by atoms with Gasteiger partial charge in [-0.1, -0.05) is 47.5 Å². The molecule has 1 amide bonds. The van der Waals surface area contributed by atoms with Crippen molar-refractivity contribution in [1.29, 1.82) is 0 Å². The van der Waals surface area contributed by atoms with Crippen LogP contribution in [-0.2, 0) is 14.8 Å². The SMILES string of the molecule is Cc1ccc(N(C(=O)CCCOc2cc(C)ccc2C)S(=O)(=O)c2ccc(C)cc2)cc1. The predicted molar refractivity (Wildman–Crippen MR) is 128 cm³/mol. The Morgan fingerprint density at radius 3 is 2.00 bits per heavy atom. The van der Waals surface area contributed by atoms with Crippen LogP contribution in [0, 0.1) is 27.7 Å². The summed E-state index contributed by atoms with van der Waals surface area (Å²) in [4.78, 5) is 13.2. The number of aryl methyl sites for hydroxylation is 4. The number of nitrogens with zero attached hydrogens (tertiary/aromatic N) is 1. The van der Waals surface area contributed by atoms with Crippen LogP contribution in [0.5, 0.6) is 5.75 Å². The van der Waals surface area contributed by atoms with E-state index >= 15 is 0 Å². The summed E-state index contributed by atoms with van der Waals surface area (Å²) < 4.78 is 33.5. The third-order valence-electron chi connectivity index (χ3n) is 5.19. The van der Waals surface area contributed by atoms with Crippen molar-refractivity contribution < 1.29 is 17.9 Å². The van der Waals surface area contributed by atoms with E-state index in [1.807, 2.05) is 45.9 Å². The summed E-state index contributed by atoms with van der Waals surface area (Å²) in [6.07, 6.45) is 0.446. The highest BCUT2D eigenvalue weighted by Crippen LogP contribution is 2.26. The Hall–Kier alpha value is -3.12. The maximum absolute atomic E-state index is 13.4. The molecule has 168 valence electrons. The van der Waals surface area contributed by atoms with Crippen molar-refractivity contribution in [2.45, 2.75) is 45.4 Å². The lowest BCUT2D eigenvalue weighted by Gasteiger charge is -2.23. The Bertz CT molecular complexity index is 1180. The standard InChI is InChI=1S/C26H29NO4S/c1-19-8-13-23(14-9-19)27(32(29,30)24-15-10-20(2)11-16-24)26(28)6-5-17-31-25-18-21(3)7-12-22(25)4/h7-16,18H,5-6,17H2,1-4H3. The van der Waals surface area contributed by atoms with E-state index in [2.05, 4.69) is 0 Å². The van der Waals surface area contributed by atoms with Gasteiger partial charge >= 0.3 is 0 Å². The number of anilines is 1. The van der Waals surface area contributed by atoms with Gasteiger partial charge in [0, 0.05) is 6.42 Å². The molecule has 0 saturated heterocycles. The molecule has 0 N–H and O–H groups in total. The molecular formula is C26H29NO4S. The van der Waals surface area contributed by atoms with Crippen LogP contribution >= 0.6 is 0 Å². The molecule has 0 heterocycles. The summed E-state index contributed by atoms with van der Waals surface area (Å²) in [5.74, 6) is 0.291. The van der Waals surface area contributed by atoms with Crippen LogP contribution in [-0.4, -0.2) is 20.9 Å². The molecule has 0 spiro atoms. The molecule has 0 saturated carbocycles. The first-order chi connectivity index (χ1) is 15.2. The predicted octanol–water partition coefficient (Wildman–Crippen LogP) is 5.50. The van der Waals surface area contributed by atoms with Crippen LogP contribution in [0.25, 0.3) is 0 Å². The number of hydrogen-bond acceptors (Lipinski definition) is 4. The zero-order valence-electron chi connectivity index (χ0n) is 19.0. The molecule has 0 bridgehead atoms. The molecule has 3 aromatic rings. The van der Waals surface area contributed by atoms with Crippen molar-refractivity contribution in [1.82, 2.24) is 0 Å². The number of amides is 1. The van der Waals surface area contributed by atoms with Crippen molar-refractivity contribution in [3.63, 3.8) is 0 Å². The molecule has 6 heteroatoms. The lowest BCUT2D eigenvalue weighted by molar-refractivity contribution is -0.117. The fourth-order valence-electron chi connectivity index (χ4n) is 3.28. The van der Waals surface area contributed by atoms with Crippen LogP contribution < -0.4 is 9.04 Å². The first-order valence-electron chi connectivity index (χ1n) is 10.6. The van der Waals surface area contributed by atoms with Crippen molar-refractivity contribution in [2.24, 2.45) is 0 Å². The summed E-state index contributed by atoms with van der Waals surface area (Å²) in [6.45, 7) is 8.07. The summed E-state index contributed by atoms with van der Waals surface area (Å²) in [7, 11) is -4.04. The van der Waals surface area contributed by atoms with Crippen LogP contribution in [0.3, 0.4) is 0 Å². The number of hydrogen-bond donors (Lipinski definition) is 0. The molecule has 0 radical (unpaired) electrons. The van der Waals surface area contributed by atoms with Crippen molar-refractivity contribution >= 4 is 21.6 Å². The zero-order chi connectivity index (χ0) is 23.3. The fraction of sp³-hybridized carbons (Fsp3) is 0.269. The maximum atomic E-state index is 13.4. The summed E-state index contributed by atoms with van der Waals surface area (Å²) in [6, 6.07) is 19.4. The molecular weight excluding hydrogens is 422 g/mol. The van der Waals surface area contributed by atoms with Gasteiger partial charge in [0.1, 0.15) is 5.75 Å². The quantitative estimate of drug-likeness (QED) is 0.424. The molecule has 0 aromatic heterocycles. The van der Waals surface area contributed by atoms with Gasteiger partial charge in [-0.25, -0.2) is 12.7 Å². The van der Waals surface area contributed by atoms with Gasteiger partial charge in [0.2, 0.25) is 5.91 Å². The minimum absolute atomic E-state index is 0.0455. The number of sulfonamides is 1. The van der Waals surface area contributed by atoms with Gasteiger partial charge in [0.15, 0.2) is 0 Å². The molecule has 3 rings (SSSR count). The molecule has 0 unspecified atom stereocenters. The Morgan fingerprint density at radius 2 is 1.38 bits per heavy atom. The number of benzene rings is 3. The third-order valence-corrected chi connectivity index (χ3v) is 6.95. The lowest BCUT2D eigenvalue weighted by Crippen LogP contribution is -2.37. The smallest absolute Gasteiger partial charge is 0.270 e. The Balaban J connectivity index is 1.78.